The molecule has 2 rings (SSSR count). The lowest BCUT2D eigenvalue weighted by molar-refractivity contribution is 0.0696. The molecule has 0 bridgehead atoms. The molecule has 0 aliphatic carbocycles. The molecule has 1 aromatic heterocycles. The van der Waals surface area contributed by atoms with E-state index in [4.69, 9.17) is 5.11 Å². The average molecular weight is 234 g/mol. The molecule has 0 saturated carbocycles. The van der Waals surface area contributed by atoms with Crippen LogP contribution in [0.2, 0.25) is 0 Å². The number of nitrogens with zero attached hydrogens (tertiary/aromatic N) is 2. The molecule has 2 atom stereocenters. The van der Waals surface area contributed by atoms with E-state index in [0.717, 1.165) is 24.6 Å². The van der Waals surface area contributed by atoms with E-state index in [1.807, 2.05) is 6.92 Å². The summed E-state index contributed by atoms with van der Waals surface area (Å²) >= 11 is 0. The Bertz CT molecular complexity index is 435. The van der Waals surface area contributed by atoms with Crippen molar-refractivity contribution in [3.8, 4) is 0 Å². The number of pyridine rings is 1. The smallest absolute Gasteiger partial charge is 0.335 e. The van der Waals surface area contributed by atoms with Crippen molar-refractivity contribution in [2.24, 2.45) is 11.8 Å². The van der Waals surface area contributed by atoms with Gasteiger partial charge in [0, 0.05) is 18.8 Å². The number of carboxylic acid groups (broad SMARTS) is 1. The normalized spacial score (nSPS) is 24.1. The molecule has 1 fully saturated rings. The highest BCUT2D eigenvalue weighted by molar-refractivity contribution is 5.88. The molecular formula is C13H18N2O2. The minimum absolute atomic E-state index is 0.319. The topological polar surface area (TPSA) is 53.4 Å². The van der Waals surface area contributed by atoms with Gasteiger partial charge in [-0.3, -0.25) is 0 Å². The lowest BCUT2D eigenvalue weighted by Gasteiger charge is -2.18. The van der Waals surface area contributed by atoms with Crippen molar-refractivity contribution in [3.05, 3.63) is 23.4 Å². The Morgan fingerprint density at radius 2 is 1.94 bits per heavy atom. The van der Waals surface area contributed by atoms with Gasteiger partial charge in [-0.2, -0.15) is 0 Å². The molecule has 0 spiro atoms. The average Bonchev–Trinajstić information content (AvgIpc) is 2.58. The van der Waals surface area contributed by atoms with Crippen molar-refractivity contribution in [2.75, 3.05) is 18.0 Å². The van der Waals surface area contributed by atoms with Gasteiger partial charge in [0.1, 0.15) is 5.82 Å². The van der Waals surface area contributed by atoms with E-state index in [0.29, 0.717) is 17.4 Å². The summed E-state index contributed by atoms with van der Waals surface area (Å²) in [5.41, 5.74) is 1.08. The highest BCUT2D eigenvalue weighted by atomic mass is 16.4. The number of rotatable bonds is 2. The van der Waals surface area contributed by atoms with Crippen LogP contribution < -0.4 is 4.90 Å². The van der Waals surface area contributed by atoms with Crippen molar-refractivity contribution in [1.82, 2.24) is 4.98 Å². The molecule has 92 valence electrons. The SMILES string of the molecule is Cc1cc(C(=O)O)cc(N2CC(C)C(C)C2)n1. The zero-order valence-corrected chi connectivity index (χ0v) is 10.5. The third-order valence-electron chi connectivity index (χ3n) is 3.50. The standard InChI is InChI=1S/C13H18N2O2/c1-8-6-15(7-9(8)2)12-5-11(13(16)17)4-10(3)14-12/h4-5,8-9H,6-7H2,1-3H3,(H,16,17). The third kappa shape index (κ3) is 2.40. The van der Waals surface area contributed by atoms with E-state index in [-0.39, 0.29) is 0 Å². The molecule has 1 aliphatic rings. The molecule has 2 heterocycles. The zero-order valence-electron chi connectivity index (χ0n) is 10.5. The van der Waals surface area contributed by atoms with Crippen molar-refractivity contribution < 1.29 is 9.90 Å². The molecule has 4 heteroatoms. The number of hydrogen-bond donors (Lipinski definition) is 1. The van der Waals surface area contributed by atoms with Crippen LogP contribution >= 0.6 is 0 Å². The Labute approximate surface area is 101 Å². The van der Waals surface area contributed by atoms with Crippen LogP contribution in [0.15, 0.2) is 12.1 Å². The van der Waals surface area contributed by atoms with Gasteiger partial charge in [-0.25, -0.2) is 9.78 Å². The number of aromatic carboxylic acids is 1. The Balaban J connectivity index is 2.30. The summed E-state index contributed by atoms with van der Waals surface area (Å²) in [5, 5.41) is 9.03. The minimum atomic E-state index is -0.892. The highest BCUT2D eigenvalue weighted by Crippen LogP contribution is 2.27. The first-order valence-electron chi connectivity index (χ1n) is 5.94. The highest BCUT2D eigenvalue weighted by Gasteiger charge is 2.27. The number of aromatic nitrogens is 1. The third-order valence-corrected chi connectivity index (χ3v) is 3.50. The largest absolute Gasteiger partial charge is 0.478 e. The number of carboxylic acids is 1. The summed E-state index contributed by atoms with van der Waals surface area (Å²) in [7, 11) is 0. The van der Waals surface area contributed by atoms with Crippen LogP contribution in [0.3, 0.4) is 0 Å². The summed E-state index contributed by atoms with van der Waals surface area (Å²) in [4.78, 5) is 17.6. The van der Waals surface area contributed by atoms with E-state index in [1.54, 1.807) is 12.1 Å². The molecule has 0 amide bonds. The predicted octanol–water partition coefficient (Wildman–Crippen LogP) is 2.18. The zero-order chi connectivity index (χ0) is 12.6. The van der Waals surface area contributed by atoms with Gasteiger partial charge in [-0.05, 0) is 30.9 Å². The Hall–Kier alpha value is -1.58. The number of carbonyl (C=O) groups is 1. The van der Waals surface area contributed by atoms with Gasteiger partial charge in [0.15, 0.2) is 0 Å². The summed E-state index contributed by atoms with van der Waals surface area (Å²) in [6.45, 7) is 8.18. The van der Waals surface area contributed by atoms with Crippen LogP contribution in [-0.2, 0) is 0 Å². The predicted molar refractivity (Wildman–Crippen MR) is 66.5 cm³/mol. The second kappa shape index (κ2) is 4.35. The minimum Gasteiger partial charge on any atom is -0.478 e. The molecule has 1 N–H and O–H groups in total. The number of anilines is 1. The molecule has 1 saturated heterocycles. The lowest BCUT2D eigenvalue weighted by atomic mass is 10.0. The van der Waals surface area contributed by atoms with E-state index in [1.165, 1.54) is 0 Å². The van der Waals surface area contributed by atoms with Gasteiger partial charge in [0.2, 0.25) is 0 Å². The second-order valence-corrected chi connectivity index (χ2v) is 5.02. The van der Waals surface area contributed by atoms with E-state index in [9.17, 15) is 4.79 Å². The molecule has 2 unspecified atom stereocenters. The monoisotopic (exact) mass is 234 g/mol. The first-order valence-corrected chi connectivity index (χ1v) is 5.94. The summed E-state index contributed by atoms with van der Waals surface area (Å²) in [6.07, 6.45) is 0. The van der Waals surface area contributed by atoms with E-state index < -0.39 is 5.97 Å². The quantitative estimate of drug-likeness (QED) is 0.852. The fourth-order valence-corrected chi connectivity index (χ4v) is 2.25. The van der Waals surface area contributed by atoms with Crippen LogP contribution in [-0.4, -0.2) is 29.1 Å². The van der Waals surface area contributed by atoms with Crippen LogP contribution in [0.25, 0.3) is 0 Å². The lowest BCUT2D eigenvalue weighted by Crippen LogP contribution is -2.21. The summed E-state index contributed by atoms with van der Waals surface area (Å²) < 4.78 is 0. The van der Waals surface area contributed by atoms with Crippen molar-refractivity contribution in [1.29, 1.82) is 0 Å². The molecule has 1 aliphatic heterocycles. The van der Waals surface area contributed by atoms with Crippen LogP contribution in [0.4, 0.5) is 5.82 Å². The number of aryl methyl sites for hydroxylation is 1. The first kappa shape index (κ1) is 11.9. The summed E-state index contributed by atoms with van der Waals surface area (Å²) in [5.74, 6) is 1.16. The van der Waals surface area contributed by atoms with Gasteiger partial charge < -0.3 is 10.0 Å². The van der Waals surface area contributed by atoms with Gasteiger partial charge in [0.05, 0.1) is 5.56 Å². The van der Waals surface area contributed by atoms with Gasteiger partial charge in [-0.1, -0.05) is 13.8 Å². The molecule has 0 aromatic carbocycles. The summed E-state index contributed by atoms with van der Waals surface area (Å²) in [6, 6.07) is 3.27. The molecule has 1 aromatic rings. The van der Waals surface area contributed by atoms with Gasteiger partial charge in [-0.15, -0.1) is 0 Å². The molecular weight excluding hydrogens is 216 g/mol. The molecule has 0 radical (unpaired) electrons. The Morgan fingerprint density at radius 1 is 1.35 bits per heavy atom. The Kier molecular flexibility index (Phi) is 3.05. The maximum Gasteiger partial charge on any atom is 0.335 e. The maximum absolute atomic E-state index is 11.0. The second-order valence-electron chi connectivity index (χ2n) is 5.02. The van der Waals surface area contributed by atoms with Crippen molar-refractivity contribution in [2.45, 2.75) is 20.8 Å². The fourth-order valence-electron chi connectivity index (χ4n) is 2.25. The van der Waals surface area contributed by atoms with Crippen molar-refractivity contribution >= 4 is 11.8 Å². The van der Waals surface area contributed by atoms with Crippen LogP contribution in [0.1, 0.15) is 29.9 Å². The first-order chi connectivity index (χ1) is 7.97. The van der Waals surface area contributed by atoms with Gasteiger partial charge >= 0.3 is 5.97 Å². The maximum atomic E-state index is 11.0. The van der Waals surface area contributed by atoms with E-state index >= 15 is 0 Å². The number of hydrogen-bond acceptors (Lipinski definition) is 3. The van der Waals surface area contributed by atoms with E-state index in [2.05, 4.69) is 23.7 Å². The van der Waals surface area contributed by atoms with Crippen LogP contribution in [0.5, 0.6) is 0 Å². The molecule has 4 nitrogen and oxygen atoms in total. The van der Waals surface area contributed by atoms with Crippen LogP contribution in [0, 0.1) is 18.8 Å². The molecule has 17 heavy (non-hydrogen) atoms. The van der Waals surface area contributed by atoms with Crippen molar-refractivity contribution in [3.63, 3.8) is 0 Å². The van der Waals surface area contributed by atoms with Gasteiger partial charge in [0.25, 0.3) is 0 Å². The Morgan fingerprint density at radius 3 is 2.47 bits per heavy atom. The fraction of sp³-hybridized carbons (Fsp3) is 0.538.